The van der Waals surface area contributed by atoms with E-state index >= 15 is 0 Å². The number of amides is 2. The molecule has 0 aromatic carbocycles. The predicted octanol–water partition coefficient (Wildman–Crippen LogP) is 1.70. The first-order valence-corrected chi connectivity index (χ1v) is 7.29. The normalized spacial score (nSPS) is 17.4. The van der Waals surface area contributed by atoms with Crippen molar-refractivity contribution in [3.8, 4) is 0 Å². The van der Waals surface area contributed by atoms with Crippen LogP contribution in [0.4, 0.5) is 10.5 Å². The summed E-state index contributed by atoms with van der Waals surface area (Å²) in [6.45, 7) is 0.385. The molecule has 1 atom stereocenters. The number of nitrogens with one attached hydrogen (secondary N) is 1. The third kappa shape index (κ3) is 2.49. The Hall–Kier alpha value is -2.35. The molecule has 110 valence electrons. The second-order valence-corrected chi connectivity index (χ2v) is 5.82. The van der Waals surface area contributed by atoms with Gasteiger partial charge >= 0.3 is 12.0 Å². The number of nitrogens with zero attached hydrogens (tertiary/aromatic N) is 3. The van der Waals surface area contributed by atoms with E-state index in [2.05, 4.69) is 10.4 Å². The first kappa shape index (κ1) is 13.6. The summed E-state index contributed by atoms with van der Waals surface area (Å²) in [4.78, 5) is 26.3. The molecule has 0 saturated heterocycles. The van der Waals surface area contributed by atoms with Crippen LogP contribution >= 0.6 is 11.3 Å². The summed E-state index contributed by atoms with van der Waals surface area (Å²) in [5.41, 5.74) is 1.25. The van der Waals surface area contributed by atoms with Gasteiger partial charge in [-0.05, 0) is 23.4 Å². The molecule has 0 spiro atoms. The summed E-state index contributed by atoms with van der Waals surface area (Å²) in [5, 5.41) is 18.0. The van der Waals surface area contributed by atoms with Gasteiger partial charge in [0.2, 0.25) is 0 Å². The van der Waals surface area contributed by atoms with Crippen molar-refractivity contribution < 1.29 is 14.7 Å². The minimum absolute atomic E-state index is 0.385. The van der Waals surface area contributed by atoms with Gasteiger partial charge in [-0.25, -0.2) is 9.59 Å². The van der Waals surface area contributed by atoms with Gasteiger partial charge in [0.1, 0.15) is 0 Å². The van der Waals surface area contributed by atoms with Crippen LogP contribution in [0, 0.1) is 0 Å². The Morgan fingerprint density at radius 2 is 2.33 bits per heavy atom. The Morgan fingerprint density at radius 1 is 1.52 bits per heavy atom. The molecule has 21 heavy (non-hydrogen) atoms. The zero-order valence-corrected chi connectivity index (χ0v) is 12.1. The van der Waals surface area contributed by atoms with Crippen LogP contribution in [0.3, 0.4) is 0 Å². The summed E-state index contributed by atoms with van der Waals surface area (Å²) in [5.74, 6) is -1.02. The van der Waals surface area contributed by atoms with E-state index in [-0.39, 0.29) is 0 Å². The minimum atomic E-state index is -1.02. The second kappa shape index (κ2) is 5.21. The van der Waals surface area contributed by atoms with Gasteiger partial charge in [-0.2, -0.15) is 5.10 Å². The van der Waals surface area contributed by atoms with Crippen LogP contribution in [-0.4, -0.2) is 38.3 Å². The zero-order chi connectivity index (χ0) is 15.0. The van der Waals surface area contributed by atoms with Crippen molar-refractivity contribution >= 4 is 29.0 Å². The summed E-state index contributed by atoms with van der Waals surface area (Å²) >= 11 is 1.53. The van der Waals surface area contributed by atoms with Crippen LogP contribution in [-0.2, 0) is 18.3 Å². The van der Waals surface area contributed by atoms with Crippen LogP contribution in [0.2, 0.25) is 0 Å². The highest BCUT2D eigenvalue weighted by atomic mass is 32.1. The lowest BCUT2D eigenvalue weighted by Crippen LogP contribution is -2.45. The van der Waals surface area contributed by atoms with Crippen molar-refractivity contribution in [1.29, 1.82) is 0 Å². The number of thiophene rings is 1. The summed E-state index contributed by atoms with van der Waals surface area (Å²) in [6, 6.07) is 0.423. The smallest absolute Gasteiger partial charge is 0.331 e. The molecular weight excluding hydrogens is 292 g/mol. The van der Waals surface area contributed by atoms with Crippen molar-refractivity contribution in [2.45, 2.75) is 12.5 Å². The molecule has 2 aromatic rings. The van der Waals surface area contributed by atoms with E-state index in [9.17, 15) is 14.7 Å². The van der Waals surface area contributed by atoms with Crippen LogP contribution in [0.5, 0.6) is 0 Å². The van der Waals surface area contributed by atoms with E-state index in [1.807, 2.05) is 5.38 Å². The lowest BCUT2D eigenvalue weighted by Gasteiger charge is -2.32. The number of fused-ring (bicyclic) bond motifs is 1. The summed E-state index contributed by atoms with van der Waals surface area (Å²) in [7, 11) is 1.74. The fourth-order valence-corrected chi connectivity index (χ4v) is 3.39. The first-order valence-electron chi connectivity index (χ1n) is 6.41. The monoisotopic (exact) mass is 306 g/mol. The maximum atomic E-state index is 12.3. The van der Waals surface area contributed by atoms with Gasteiger partial charge in [-0.1, -0.05) is 0 Å². The van der Waals surface area contributed by atoms with Gasteiger partial charge in [0.25, 0.3) is 0 Å². The SMILES string of the molecule is Cn1cc(NC(=O)N2CCc3sccc3C2C(=O)O)cn1. The van der Waals surface area contributed by atoms with Gasteiger partial charge < -0.3 is 15.3 Å². The van der Waals surface area contributed by atoms with Crippen molar-refractivity contribution in [3.05, 3.63) is 34.3 Å². The average Bonchev–Trinajstić information content (AvgIpc) is 3.05. The quantitative estimate of drug-likeness (QED) is 0.884. The standard InChI is InChI=1S/C13H14N4O3S/c1-16-7-8(6-14-16)15-13(20)17-4-2-10-9(3-5-21-10)11(17)12(18)19/h3,5-7,11H,2,4H2,1H3,(H,15,20)(H,18,19). The van der Waals surface area contributed by atoms with Crippen molar-refractivity contribution in [2.24, 2.45) is 7.05 Å². The fraction of sp³-hybridized carbons (Fsp3) is 0.308. The molecule has 1 aliphatic heterocycles. The van der Waals surface area contributed by atoms with Gasteiger partial charge in [0.15, 0.2) is 6.04 Å². The van der Waals surface area contributed by atoms with Crippen LogP contribution in [0.25, 0.3) is 0 Å². The molecule has 8 heteroatoms. The fourth-order valence-electron chi connectivity index (χ4n) is 2.48. The van der Waals surface area contributed by atoms with Crippen molar-refractivity contribution in [2.75, 3.05) is 11.9 Å². The number of hydrogen-bond donors (Lipinski definition) is 2. The molecule has 0 radical (unpaired) electrons. The van der Waals surface area contributed by atoms with Crippen molar-refractivity contribution in [1.82, 2.24) is 14.7 Å². The molecule has 7 nitrogen and oxygen atoms in total. The van der Waals surface area contributed by atoms with Crippen LogP contribution < -0.4 is 5.32 Å². The second-order valence-electron chi connectivity index (χ2n) is 4.82. The lowest BCUT2D eigenvalue weighted by atomic mass is 10.0. The highest BCUT2D eigenvalue weighted by molar-refractivity contribution is 7.10. The summed E-state index contributed by atoms with van der Waals surface area (Å²) in [6.07, 6.45) is 3.86. The largest absolute Gasteiger partial charge is 0.479 e. The Kier molecular flexibility index (Phi) is 3.38. The number of anilines is 1. The molecule has 3 rings (SSSR count). The number of aliphatic carboxylic acids is 1. The molecule has 0 bridgehead atoms. The lowest BCUT2D eigenvalue weighted by molar-refractivity contribution is -0.142. The summed E-state index contributed by atoms with van der Waals surface area (Å²) < 4.78 is 1.57. The maximum Gasteiger partial charge on any atom is 0.331 e. The number of aromatic nitrogens is 2. The van der Waals surface area contributed by atoms with Crippen molar-refractivity contribution in [3.63, 3.8) is 0 Å². The van der Waals surface area contributed by atoms with E-state index in [0.29, 0.717) is 24.2 Å². The minimum Gasteiger partial charge on any atom is -0.479 e. The van der Waals surface area contributed by atoms with Crippen LogP contribution in [0.1, 0.15) is 16.5 Å². The Balaban J connectivity index is 1.84. The number of carboxylic acids is 1. The van der Waals surface area contributed by atoms with E-state index < -0.39 is 18.0 Å². The third-order valence-electron chi connectivity index (χ3n) is 3.42. The molecule has 2 N–H and O–H groups in total. The molecule has 3 heterocycles. The van der Waals surface area contributed by atoms with Crippen LogP contribution in [0.15, 0.2) is 23.8 Å². The van der Waals surface area contributed by atoms with E-state index in [4.69, 9.17) is 0 Å². The number of carbonyl (C=O) groups is 2. The van der Waals surface area contributed by atoms with Gasteiger partial charge in [0.05, 0.1) is 11.9 Å². The van der Waals surface area contributed by atoms with Gasteiger partial charge in [0, 0.05) is 24.7 Å². The Bertz CT molecular complexity index is 693. The van der Waals surface area contributed by atoms with E-state index in [0.717, 1.165) is 4.88 Å². The molecular formula is C13H14N4O3S. The molecule has 2 aromatic heterocycles. The molecule has 0 aliphatic carbocycles. The van der Waals surface area contributed by atoms with E-state index in [1.165, 1.54) is 22.4 Å². The number of urea groups is 1. The molecule has 1 unspecified atom stereocenters. The number of rotatable bonds is 2. The predicted molar refractivity (Wildman–Crippen MR) is 77.3 cm³/mol. The molecule has 0 saturated carbocycles. The third-order valence-corrected chi connectivity index (χ3v) is 4.41. The highest BCUT2D eigenvalue weighted by Gasteiger charge is 2.36. The van der Waals surface area contributed by atoms with E-state index in [1.54, 1.807) is 24.0 Å². The highest BCUT2D eigenvalue weighted by Crippen LogP contribution is 2.33. The Morgan fingerprint density at radius 3 is 3.00 bits per heavy atom. The van der Waals surface area contributed by atoms with Gasteiger partial charge in [-0.3, -0.25) is 4.68 Å². The number of aryl methyl sites for hydroxylation is 1. The number of carbonyl (C=O) groups excluding carboxylic acids is 1. The Labute approximate surface area is 124 Å². The molecule has 2 amide bonds. The number of carboxylic acid groups (broad SMARTS) is 1. The zero-order valence-electron chi connectivity index (χ0n) is 11.3. The topological polar surface area (TPSA) is 87.5 Å². The van der Waals surface area contributed by atoms with Gasteiger partial charge in [-0.15, -0.1) is 11.3 Å². The first-order chi connectivity index (χ1) is 10.1. The number of hydrogen-bond acceptors (Lipinski definition) is 4. The molecule has 1 aliphatic rings. The maximum absolute atomic E-state index is 12.3. The molecule has 0 fully saturated rings. The average molecular weight is 306 g/mol.